The summed E-state index contributed by atoms with van der Waals surface area (Å²) in [6.07, 6.45) is 0. The Morgan fingerprint density at radius 1 is 0.967 bits per heavy atom. The van der Waals surface area contributed by atoms with Crippen LogP contribution in [0.15, 0.2) is 71.6 Å². The van der Waals surface area contributed by atoms with E-state index in [-0.39, 0.29) is 10.8 Å². The summed E-state index contributed by atoms with van der Waals surface area (Å²) in [5, 5.41) is 0. The van der Waals surface area contributed by atoms with E-state index in [1.165, 1.54) is 0 Å². The third-order valence-corrected chi connectivity index (χ3v) is 6.53. The second-order valence-electron chi connectivity index (χ2n) is 7.20. The first-order chi connectivity index (χ1) is 14.3. The molecule has 0 saturated heterocycles. The third-order valence-electron chi connectivity index (χ3n) is 5.15. The second kappa shape index (κ2) is 7.84. The normalized spacial score (nSPS) is 13.3. The lowest BCUT2D eigenvalue weighted by Crippen LogP contribution is -2.37. The molecule has 3 aromatic rings. The summed E-state index contributed by atoms with van der Waals surface area (Å²) in [6.45, 7) is 4.69. The van der Waals surface area contributed by atoms with Gasteiger partial charge in [0.05, 0.1) is 17.1 Å². The molecule has 0 atom stereocenters. The molecule has 30 heavy (non-hydrogen) atoms. The van der Waals surface area contributed by atoms with Crippen molar-refractivity contribution in [2.45, 2.75) is 18.7 Å². The van der Waals surface area contributed by atoms with Crippen molar-refractivity contribution in [2.24, 2.45) is 0 Å². The first-order valence-corrected chi connectivity index (χ1v) is 11.1. The van der Waals surface area contributed by atoms with E-state index in [4.69, 9.17) is 4.74 Å². The Kier molecular flexibility index (Phi) is 5.22. The number of benzene rings is 3. The fourth-order valence-corrected chi connectivity index (χ4v) is 4.46. The number of rotatable bonds is 4. The van der Waals surface area contributed by atoms with Crippen LogP contribution in [-0.4, -0.2) is 27.5 Å². The smallest absolute Gasteiger partial charge is 0.261 e. The number of amides is 1. The van der Waals surface area contributed by atoms with Crippen molar-refractivity contribution in [2.75, 3.05) is 22.8 Å². The van der Waals surface area contributed by atoms with Crippen molar-refractivity contribution in [3.8, 4) is 5.75 Å². The maximum absolute atomic E-state index is 13.0. The van der Waals surface area contributed by atoms with Gasteiger partial charge in [-0.05, 0) is 73.5 Å². The average Bonchev–Trinajstić information content (AvgIpc) is 2.75. The van der Waals surface area contributed by atoms with Gasteiger partial charge in [-0.2, -0.15) is 0 Å². The maximum Gasteiger partial charge on any atom is 0.261 e. The first-order valence-electron chi connectivity index (χ1n) is 9.59. The number of hydrogen-bond acceptors (Lipinski definition) is 4. The molecule has 1 N–H and O–H groups in total. The molecule has 6 nitrogen and oxygen atoms in total. The van der Waals surface area contributed by atoms with Gasteiger partial charge in [-0.3, -0.25) is 9.52 Å². The molecule has 154 valence electrons. The van der Waals surface area contributed by atoms with E-state index in [1.807, 2.05) is 38.1 Å². The molecule has 1 heterocycles. The second-order valence-corrected chi connectivity index (χ2v) is 8.88. The minimum atomic E-state index is -3.71. The zero-order chi connectivity index (χ0) is 21.3. The lowest BCUT2D eigenvalue weighted by Gasteiger charge is -2.29. The number of carbonyl (C=O) groups is 1. The number of nitrogens with zero attached hydrogens (tertiary/aromatic N) is 1. The molecule has 0 unspecified atom stereocenters. The molecule has 3 aromatic carbocycles. The van der Waals surface area contributed by atoms with Gasteiger partial charge in [0.1, 0.15) is 12.4 Å². The van der Waals surface area contributed by atoms with Gasteiger partial charge < -0.3 is 9.64 Å². The number of carbonyl (C=O) groups excluding carboxylic acids is 1. The van der Waals surface area contributed by atoms with Crippen LogP contribution >= 0.6 is 0 Å². The minimum Gasteiger partial charge on any atom is -0.490 e. The van der Waals surface area contributed by atoms with Gasteiger partial charge >= 0.3 is 0 Å². The SMILES string of the molecule is Cc1ccc(S(=O)(=O)Nc2ccc(C(=O)N3CCOc4ccccc43)cc2)cc1C. The predicted octanol–water partition coefficient (Wildman–Crippen LogP) is 4.14. The van der Waals surface area contributed by atoms with Gasteiger partial charge in [-0.25, -0.2) is 8.42 Å². The van der Waals surface area contributed by atoms with Crippen LogP contribution in [0.5, 0.6) is 5.75 Å². The molecule has 0 radical (unpaired) electrons. The largest absolute Gasteiger partial charge is 0.490 e. The van der Waals surface area contributed by atoms with Crippen molar-refractivity contribution in [3.63, 3.8) is 0 Å². The Labute approximate surface area is 176 Å². The summed E-state index contributed by atoms with van der Waals surface area (Å²) >= 11 is 0. The van der Waals surface area contributed by atoms with Crippen LogP contribution < -0.4 is 14.4 Å². The zero-order valence-corrected chi connectivity index (χ0v) is 17.6. The highest BCUT2D eigenvalue weighted by Crippen LogP contribution is 2.32. The summed E-state index contributed by atoms with van der Waals surface area (Å²) in [7, 11) is -3.71. The fraction of sp³-hybridized carbons (Fsp3) is 0.174. The van der Waals surface area contributed by atoms with E-state index < -0.39 is 10.0 Å². The van der Waals surface area contributed by atoms with Crippen molar-refractivity contribution in [3.05, 3.63) is 83.4 Å². The summed E-state index contributed by atoms with van der Waals surface area (Å²) in [5.41, 5.74) is 3.53. The average molecular weight is 423 g/mol. The van der Waals surface area contributed by atoms with Crippen LogP contribution in [0.3, 0.4) is 0 Å². The molecule has 4 rings (SSSR count). The summed E-state index contributed by atoms with van der Waals surface area (Å²) in [6, 6.07) is 18.9. The Bertz CT molecular complexity index is 1200. The predicted molar refractivity (Wildman–Crippen MR) is 117 cm³/mol. The molecule has 1 amide bonds. The lowest BCUT2D eigenvalue weighted by molar-refractivity contribution is 0.0976. The number of nitrogens with one attached hydrogen (secondary N) is 1. The quantitative estimate of drug-likeness (QED) is 0.686. The van der Waals surface area contributed by atoms with Crippen molar-refractivity contribution >= 4 is 27.3 Å². The number of anilines is 2. The van der Waals surface area contributed by atoms with Gasteiger partial charge in [0, 0.05) is 11.3 Å². The highest BCUT2D eigenvalue weighted by Gasteiger charge is 2.24. The molecule has 7 heteroatoms. The Morgan fingerprint density at radius 3 is 2.43 bits per heavy atom. The van der Waals surface area contributed by atoms with Crippen LogP contribution in [0, 0.1) is 13.8 Å². The van der Waals surface area contributed by atoms with Crippen molar-refractivity contribution in [1.29, 1.82) is 0 Å². The molecule has 0 spiro atoms. The number of fused-ring (bicyclic) bond motifs is 1. The molecule has 0 bridgehead atoms. The van der Waals surface area contributed by atoms with Gasteiger partial charge in [0.2, 0.25) is 0 Å². The van der Waals surface area contributed by atoms with Gasteiger partial charge in [0.25, 0.3) is 15.9 Å². The van der Waals surface area contributed by atoms with Crippen molar-refractivity contribution in [1.82, 2.24) is 0 Å². The zero-order valence-electron chi connectivity index (χ0n) is 16.8. The van der Waals surface area contributed by atoms with Crippen LogP contribution in [0.4, 0.5) is 11.4 Å². The van der Waals surface area contributed by atoms with E-state index >= 15 is 0 Å². The van der Waals surface area contributed by atoms with E-state index in [0.29, 0.717) is 30.2 Å². The summed E-state index contributed by atoms with van der Waals surface area (Å²) in [4.78, 5) is 14.9. The van der Waals surface area contributed by atoms with Gasteiger partial charge in [-0.1, -0.05) is 18.2 Å². The Balaban J connectivity index is 1.53. The number of sulfonamides is 1. The molecule has 0 saturated carbocycles. The maximum atomic E-state index is 13.0. The highest BCUT2D eigenvalue weighted by atomic mass is 32.2. The monoisotopic (exact) mass is 422 g/mol. The summed E-state index contributed by atoms with van der Waals surface area (Å²) < 4.78 is 33.5. The van der Waals surface area contributed by atoms with Crippen LogP contribution in [-0.2, 0) is 10.0 Å². The van der Waals surface area contributed by atoms with Crippen molar-refractivity contribution < 1.29 is 17.9 Å². The number of aryl methyl sites for hydroxylation is 2. The molecule has 1 aliphatic heterocycles. The fourth-order valence-electron chi connectivity index (χ4n) is 3.31. The Morgan fingerprint density at radius 2 is 1.70 bits per heavy atom. The topological polar surface area (TPSA) is 75.7 Å². The number of hydrogen-bond donors (Lipinski definition) is 1. The Hall–Kier alpha value is -3.32. The molecular weight excluding hydrogens is 400 g/mol. The summed E-state index contributed by atoms with van der Waals surface area (Å²) in [5.74, 6) is 0.518. The van der Waals surface area contributed by atoms with E-state index in [1.54, 1.807) is 47.4 Å². The van der Waals surface area contributed by atoms with Gasteiger partial charge in [-0.15, -0.1) is 0 Å². The molecule has 0 aliphatic carbocycles. The number of para-hydroxylation sites is 2. The van der Waals surface area contributed by atoms with E-state index in [0.717, 1.165) is 16.8 Å². The standard InChI is InChI=1S/C23H22N2O4S/c1-16-7-12-20(15-17(16)2)30(27,28)24-19-10-8-18(9-11-19)23(26)25-13-14-29-22-6-4-3-5-21(22)25/h3-12,15,24H,13-14H2,1-2H3. The molecule has 1 aliphatic rings. The molecular formula is C23H22N2O4S. The molecule has 0 aromatic heterocycles. The number of ether oxygens (including phenoxy) is 1. The van der Waals surface area contributed by atoms with Crippen LogP contribution in [0.1, 0.15) is 21.5 Å². The van der Waals surface area contributed by atoms with E-state index in [2.05, 4.69) is 4.72 Å². The van der Waals surface area contributed by atoms with E-state index in [9.17, 15) is 13.2 Å². The lowest BCUT2D eigenvalue weighted by atomic mass is 10.1. The van der Waals surface area contributed by atoms with Crippen LogP contribution in [0.25, 0.3) is 0 Å². The third kappa shape index (κ3) is 3.89. The van der Waals surface area contributed by atoms with Gasteiger partial charge in [0.15, 0.2) is 0 Å². The van der Waals surface area contributed by atoms with Crippen LogP contribution in [0.2, 0.25) is 0 Å². The molecule has 0 fully saturated rings. The minimum absolute atomic E-state index is 0.158. The first kappa shape index (κ1) is 20.0. The highest BCUT2D eigenvalue weighted by molar-refractivity contribution is 7.92.